The summed E-state index contributed by atoms with van der Waals surface area (Å²) in [6, 6.07) is 12.6. The van der Waals surface area contributed by atoms with Gasteiger partial charge in [0.1, 0.15) is 11.6 Å². The Morgan fingerprint density at radius 2 is 2.05 bits per heavy atom. The third-order valence-electron chi connectivity index (χ3n) is 3.21. The minimum Gasteiger partial charge on any atom is -0.497 e. The van der Waals surface area contributed by atoms with E-state index in [1.807, 2.05) is 31.2 Å². The molecule has 4 heteroatoms. The Bertz CT molecular complexity index is 588. The van der Waals surface area contributed by atoms with Gasteiger partial charge in [0.2, 0.25) is 0 Å². The Morgan fingerprint density at radius 3 is 2.75 bits per heavy atom. The van der Waals surface area contributed by atoms with E-state index in [0.29, 0.717) is 17.1 Å². The Labute approximate surface area is 123 Å². The molecule has 0 amide bonds. The van der Waals surface area contributed by atoms with Gasteiger partial charge in [0.25, 0.3) is 0 Å². The summed E-state index contributed by atoms with van der Waals surface area (Å²) in [5.74, 6) is 0.525. The van der Waals surface area contributed by atoms with Crippen LogP contribution in [0.2, 0.25) is 5.02 Å². The number of benzene rings is 2. The van der Waals surface area contributed by atoms with Crippen molar-refractivity contribution < 1.29 is 9.13 Å². The molecule has 0 spiro atoms. The van der Waals surface area contributed by atoms with Crippen LogP contribution in [0.3, 0.4) is 0 Å². The minimum atomic E-state index is -0.289. The predicted molar refractivity (Wildman–Crippen MR) is 79.7 cm³/mol. The summed E-state index contributed by atoms with van der Waals surface area (Å²) in [7, 11) is 1.64. The molecule has 0 saturated heterocycles. The van der Waals surface area contributed by atoms with Crippen LogP contribution in [-0.4, -0.2) is 7.11 Å². The molecule has 0 unspecified atom stereocenters. The smallest absolute Gasteiger partial charge is 0.129 e. The lowest BCUT2D eigenvalue weighted by atomic mass is 10.1. The van der Waals surface area contributed by atoms with E-state index >= 15 is 0 Å². The summed E-state index contributed by atoms with van der Waals surface area (Å²) >= 11 is 5.73. The van der Waals surface area contributed by atoms with Crippen molar-refractivity contribution in [2.45, 2.75) is 19.5 Å². The van der Waals surface area contributed by atoms with E-state index in [0.717, 1.165) is 11.3 Å². The second kappa shape index (κ2) is 6.73. The molecule has 1 N–H and O–H groups in total. The van der Waals surface area contributed by atoms with Gasteiger partial charge in [-0.2, -0.15) is 0 Å². The third kappa shape index (κ3) is 3.71. The monoisotopic (exact) mass is 293 g/mol. The van der Waals surface area contributed by atoms with Gasteiger partial charge in [0.15, 0.2) is 0 Å². The first-order chi connectivity index (χ1) is 9.60. The fraction of sp³-hybridized carbons (Fsp3) is 0.250. The van der Waals surface area contributed by atoms with Crippen molar-refractivity contribution in [1.82, 2.24) is 5.32 Å². The van der Waals surface area contributed by atoms with Crippen molar-refractivity contribution >= 4 is 11.6 Å². The van der Waals surface area contributed by atoms with Gasteiger partial charge >= 0.3 is 0 Å². The molecule has 2 nitrogen and oxygen atoms in total. The van der Waals surface area contributed by atoms with Gasteiger partial charge in [-0.05, 0) is 36.8 Å². The second-order valence-electron chi connectivity index (χ2n) is 4.61. The van der Waals surface area contributed by atoms with Crippen molar-refractivity contribution in [3.05, 3.63) is 64.4 Å². The molecule has 2 aromatic rings. The van der Waals surface area contributed by atoms with Crippen LogP contribution in [0.15, 0.2) is 42.5 Å². The molecule has 0 aliphatic carbocycles. The Morgan fingerprint density at radius 1 is 1.25 bits per heavy atom. The molecule has 0 heterocycles. The maximum absolute atomic E-state index is 13.7. The van der Waals surface area contributed by atoms with Crippen molar-refractivity contribution in [3.8, 4) is 5.75 Å². The lowest BCUT2D eigenvalue weighted by Gasteiger charge is -2.15. The molecule has 0 aliphatic heterocycles. The van der Waals surface area contributed by atoms with E-state index in [1.54, 1.807) is 19.2 Å². The molecule has 0 aliphatic rings. The number of nitrogens with one attached hydrogen (secondary N) is 1. The minimum absolute atomic E-state index is 0.0974. The number of halogens is 2. The standard InChI is InChI=1S/C16H17ClFNO/c1-11(12-4-3-5-15(8-12)20-2)19-10-13-6-7-14(17)9-16(13)18/h3-9,11,19H,10H2,1-2H3/t11-/m1/s1. The highest BCUT2D eigenvalue weighted by molar-refractivity contribution is 6.30. The molecular formula is C16H17ClFNO. The quantitative estimate of drug-likeness (QED) is 0.885. The van der Waals surface area contributed by atoms with Crippen LogP contribution in [0.1, 0.15) is 24.1 Å². The summed E-state index contributed by atoms with van der Waals surface area (Å²) in [5, 5.41) is 3.70. The Hall–Kier alpha value is -1.58. The van der Waals surface area contributed by atoms with Gasteiger partial charge in [-0.1, -0.05) is 29.8 Å². The zero-order valence-corrected chi connectivity index (χ0v) is 12.2. The molecule has 106 valence electrons. The van der Waals surface area contributed by atoms with Gasteiger partial charge in [0, 0.05) is 23.2 Å². The number of hydrogen-bond donors (Lipinski definition) is 1. The summed E-state index contributed by atoms with van der Waals surface area (Å²) in [6.45, 7) is 2.48. The summed E-state index contributed by atoms with van der Waals surface area (Å²) < 4.78 is 18.9. The van der Waals surface area contributed by atoms with E-state index in [4.69, 9.17) is 16.3 Å². The molecule has 1 atom stereocenters. The zero-order chi connectivity index (χ0) is 14.5. The molecule has 20 heavy (non-hydrogen) atoms. The lowest BCUT2D eigenvalue weighted by molar-refractivity contribution is 0.413. The summed E-state index contributed by atoms with van der Waals surface area (Å²) in [4.78, 5) is 0. The molecular weight excluding hydrogens is 277 g/mol. The van der Waals surface area contributed by atoms with Crippen molar-refractivity contribution in [3.63, 3.8) is 0 Å². The largest absolute Gasteiger partial charge is 0.497 e. The number of hydrogen-bond acceptors (Lipinski definition) is 2. The zero-order valence-electron chi connectivity index (χ0n) is 11.5. The van der Waals surface area contributed by atoms with E-state index in [1.165, 1.54) is 6.07 Å². The highest BCUT2D eigenvalue weighted by Gasteiger charge is 2.08. The highest BCUT2D eigenvalue weighted by Crippen LogP contribution is 2.20. The van der Waals surface area contributed by atoms with Crippen molar-refractivity contribution in [2.75, 3.05) is 7.11 Å². The molecule has 0 saturated carbocycles. The first kappa shape index (κ1) is 14.8. The molecule has 0 bridgehead atoms. The molecule has 2 aromatic carbocycles. The Balaban J connectivity index is 2.02. The predicted octanol–water partition coefficient (Wildman–Crippen LogP) is 4.34. The number of rotatable bonds is 5. The Kier molecular flexibility index (Phi) is 4.99. The van der Waals surface area contributed by atoms with Crippen LogP contribution in [0.5, 0.6) is 5.75 Å². The molecule has 0 fully saturated rings. The van der Waals surface area contributed by atoms with Crippen LogP contribution < -0.4 is 10.1 Å². The normalized spacial score (nSPS) is 12.2. The van der Waals surface area contributed by atoms with Crippen molar-refractivity contribution in [1.29, 1.82) is 0 Å². The molecule has 2 rings (SSSR count). The van der Waals surface area contributed by atoms with Gasteiger partial charge in [-0.15, -0.1) is 0 Å². The number of ether oxygens (including phenoxy) is 1. The second-order valence-corrected chi connectivity index (χ2v) is 5.05. The maximum atomic E-state index is 13.7. The topological polar surface area (TPSA) is 21.3 Å². The van der Waals surface area contributed by atoms with Gasteiger partial charge in [0.05, 0.1) is 7.11 Å². The van der Waals surface area contributed by atoms with Crippen LogP contribution in [-0.2, 0) is 6.54 Å². The van der Waals surface area contributed by atoms with Gasteiger partial charge in [-0.25, -0.2) is 4.39 Å². The average Bonchev–Trinajstić information content (AvgIpc) is 2.46. The van der Waals surface area contributed by atoms with E-state index in [9.17, 15) is 4.39 Å². The molecule has 0 radical (unpaired) electrons. The van der Waals surface area contributed by atoms with Crippen LogP contribution in [0.25, 0.3) is 0 Å². The summed E-state index contributed by atoms with van der Waals surface area (Å²) in [5.41, 5.74) is 1.70. The van der Waals surface area contributed by atoms with Crippen molar-refractivity contribution in [2.24, 2.45) is 0 Å². The first-order valence-electron chi connectivity index (χ1n) is 6.41. The lowest BCUT2D eigenvalue weighted by Crippen LogP contribution is -2.18. The summed E-state index contributed by atoms with van der Waals surface area (Å²) in [6.07, 6.45) is 0. The first-order valence-corrected chi connectivity index (χ1v) is 6.79. The maximum Gasteiger partial charge on any atom is 0.129 e. The fourth-order valence-electron chi connectivity index (χ4n) is 1.96. The fourth-order valence-corrected chi connectivity index (χ4v) is 2.12. The average molecular weight is 294 g/mol. The van der Waals surface area contributed by atoms with E-state index in [-0.39, 0.29) is 11.9 Å². The van der Waals surface area contributed by atoms with Gasteiger partial charge in [-0.3, -0.25) is 0 Å². The van der Waals surface area contributed by atoms with E-state index < -0.39 is 0 Å². The highest BCUT2D eigenvalue weighted by atomic mass is 35.5. The SMILES string of the molecule is COc1cccc([C@@H](C)NCc2ccc(Cl)cc2F)c1. The third-order valence-corrected chi connectivity index (χ3v) is 3.44. The van der Waals surface area contributed by atoms with E-state index in [2.05, 4.69) is 5.32 Å². The van der Waals surface area contributed by atoms with Crippen LogP contribution in [0.4, 0.5) is 4.39 Å². The van der Waals surface area contributed by atoms with Gasteiger partial charge < -0.3 is 10.1 Å². The number of methoxy groups -OCH3 is 1. The van der Waals surface area contributed by atoms with Crippen LogP contribution in [0, 0.1) is 5.82 Å². The molecule has 0 aromatic heterocycles. The van der Waals surface area contributed by atoms with Crippen LogP contribution >= 0.6 is 11.6 Å².